The number of nitrogens with zero attached hydrogens (tertiary/aromatic N) is 3. The minimum absolute atomic E-state index is 0.501. The van der Waals surface area contributed by atoms with Crippen molar-refractivity contribution in [2.45, 2.75) is 26.1 Å². The summed E-state index contributed by atoms with van der Waals surface area (Å²) in [6.45, 7) is 3.00. The molecule has 0 radical (unpaired) electrons. The Bertz CT molecular complexity index is 1310. The Morgan fingerprint density at radius 2 is 1.41 bits per heavy atom. The SMILES string of the molecule is Cc1nc2ccccc2n1CC(O)Cn1c2ccc(Br)cc2c2cc(Br)ccc21. The van der Waals surface area contributed by atoms with E-state index in [9.17, 15) is 5.11 Å². The van der Waals surface area contributed by atoms with E-state index in [-0.39, 0.29) is 0 Å². The van der Waals surface area contributed by atoms with Gasteiger partial charge in [-0.15, -0.1) is 0 Å². The molecular formula is C23H19Br2N3O. The number of aromatic nitrogens is 3. The fourth-order valence-electron chi connectivity index (χ4n) is 4.15. The van der Waals surface area contributed by atoms with Crippen LogP contribution >= 0.6 is 31.9 Å². The molecule has 0 spiro atoms. The van der Waals surface area contributed by atoms with Gasteiger partial charge in [-0.1, -0.05) is 44.0 Å². The summed E-state index contributed by atoms with van der Waals surface area (Å²) in [5.41, 5.74) is 4.25. The summed E-state index contributed by atoms with van der Waals surface area (Å²) in [7, 11) is 0. The van der Waals surface area contributed by atoms with Crippen LogP contribution in [0.4, 0.5) is 0 Å². The quantitative estimate of drug-likeness (QED) is 0.319. The van der Waals surface area contributed by atoms with Crippen LogP contribution in [-0.2, 0) is 13.1 Å². The van der Waals surface area contributed by atoms with Crippen LogP contribution < -0.4 is 0 Å². The summed E-state index contributed by atoms with van der Waals surface area (Å²) < 4.78 is 6.40. The summed E-state index contributed by atoms with van der Waals surface area (Å²) >= 11 is 7.17. The number of fused-ring (bicyclic) bond motifs is 4. The first-order valence-electron chi connectivity index (χ1n) is 9.48. The van der Waals surface area contributed by atoms with Crippen LogP contribution in [0.3, 0.4) is 0 Å². The zero-order chi connectivity index (χ0) is 20.1. The fourth-order valence-corrected chi connectivity index (χ4v) is 4.87. The van der Waals surface area contributed by atoms with Gasteiger partial charge >= 0.3 is 0 Å². The van der Waals surface area contributed by atoms with Gasteiger partial charge in [-0.05, 0) is 55.5 Å². The van der Waals surface area contributed by atoms with Crippen molar-refractivity contribution in [3.05, 3.63) is 75.4 Å². The zero-order valence-corrected chi connectivity index (χ0v) is 19.0. The maximum atomic E-state index is 11.0. The first-order chi connectivity index (χ1) is 14.0. The van der Waals surface area contributed by atoms with Crippen LogP contribution in [-0.4, -0.2) is 25.3 Å². The van der Waals surface area contributed by atoms with Crippen LogP contribution in [0.2, 0.25) is 0 Å². The van der Waals surface area contributed by atoms with Gasteiger partial charge < -0.3 is 14.2 Å². The van der Waals surface area contributed by atoms with E-state index in [0.29, 0.717) is 13.1 Å². The Kier molecular flexibility index (Phi) is 4.73. The van der Waals surface area contributed by atoms with Gasteiger partial charge in [0.05, 0.1) is 30.2 Å². The Morgan fingerprint density at radius 1 is 0.828 bits per heavy atom. The Labute approximate surface area is 185 Å². The molecule has 0 saturated carbocycles. The van der Waals surface area contributed by atoms with Crippen LogP contribution in [0.15, 0.2) is 69.6 Å². The molecule has 0 aliphatic heterocycles. The maximum Gasteiger partial charge on any atom is 0.106 e. The summed E-state index contributed by atoms with van der Waals surface area (Å²) in [5.74, 6) is 0.917. The highest BCUT2D eigenvalue weighted by Gasteiger charge is 2.17. The average Bonchev–Trinajstić information content (AvgIpc) is 3.16. The molecule has 1 unspecified atom stereocenters. The van der Waals surface area contributed by atoms with Gasteiger partial charge in [0.15, 0.2) is 0 Å². The van der Waals surface area contributed by atoms with E-state index in [1.54, 1.807) is 0 Å². The second-order valence-corrected chi connectivity index (χ2v) is 9.18. The lowest BCUT2D eigenvalue weighted by atomic mass is 10.2. The van der Waals surface area contributed by atoms with Gasteiger partial charge in [-0.25, -0.2) is 4.98 Å². The third kappa shape index (κ3) is 3.29. The molecule has 5 aromatic rings. The van der Waals surface area contributed by atoms with E-state index in [2.05, 4.69) is 76.3 Å². The monoisotopic (exact) mass is 511 g/mol. The topological polar surface area (TPSA) is 43.0 Å². The highest BCUT2D eigenvalue weighted by Crippen LogP contribution is 2.33. The maximum absolute atomic E-state index is 11.0. The number of para-hydroxylation sites is 2. The van der Waals surface area contributed by atoms with Gasteiger partial charge in [-0.3, -0.25) is 0 Å². The number of hydrogen-bond acceptors (Lipinski definition) is 2. The first kappa shape index (κ1) is 18.9. The molecule has 3 aromatic carbocycles. The van der Waals surface area contributed by atoms with Gasteiger partial charge in [-0.2, -0.15) is 0 Å². The molecule has 0 aliphatic rings. The fraction of sp³-hybridized carbons (Fsp3) is 0.174. The third-order valence-electron chi connectivity index (χ3n) is 5.42. The van der Waals surface area contributed by atoms with E-state index >= 15 is 0 Å². The predicted octanol–water partition coefficient (Wildman–Crippen LogP) is 6.04. The largest absolute Gasteiger partial charge is 0.389 e. The Hall–Kier alpha value is -2.15. The molecule has 29 heavy (non-hydrogen) atoms. The molecule has 146 valence electrons. The van der Waals surface area contributed by atoms with E-state index in [1.807, 2.05) is 37.3 Å². The lowest BCUT2D eigenvalue weighted by Crippen LogP contribution is -2.22. The number of imidazole rings is 1. The number of halogens is 2. The summed E-state index contributed by atoms with van der Waals surface area (Å²) in [6.07, 6.45) is -0.544. The van der Waals surface area contributed by atoms with Gasteiger partial charge in [0.1, 0.15) is 5.82 Å². The minimum atomic E-state index is -0.544. The number of hydrogen-bond donors (Lipinski definition) is 1. The van der Waals surface area contributed by atoms with Crippen molar-refractivity contribution in [2.24, 2.45) is 0 Å². The zero-order valence-electron chi connectivity index (χ0n) is 15.8. The number of aryl methyl sites for hydroxylation is 1. The Morgan fingerprint density at radius 3 is 2.07 bits per heavy atom. The van der Waals surface area contributed by atoms with Crippen molar-refractivity contribution < 1.29 is 5.11 Å². The number of aliphatic hydroxyl groups is 1. The second kappa shape index (κ2) is 7.27. The molecule has 6 heteroatoms. The summed E-state index contributed by atoms with van der Waals surface area (Å²) in [5, 5.41) is 13.4. The van der Waals surface area contributed by atoms with Gasteiger partial charge in [0, 0.05) is 30.8 Å². The molecule has 2 heterocycles. The van der Waals surface area contributed by atoms with Crippen molar-refractivity contribution in [3.63, 3.8) is 0 Å². The third-order valence-corrected chi connectivity index (χ3v) is 6.41. The van der Waals surface area contributed by atoms with E-state index in [4.69, 9.17) is 0 Å². The first-order valence-corrected chi connectivity index (χ1v) is 11.1. The van der Waals surface area contributed by atoms with E-state index < -0.39 is 6.10 Å². The number of rotatable bonds is 4. The van der Waals surface area contributed by atoms with E-state index in [0.717, 1.165) is 36.8 Å². The van der Waals surface area contributed by atoms with Crippen LogP contribution in [0, 0.1) is 6.92 Å². The molecule has 1 N–H and O–H groups in total. The molecule has 1 atom stereocenters. The molecule has 2 aromatic heterocycles. The predicted molar refractivity (Wildman–Crippen MR) is 125 cm³/mol. The molecule has 0 bridgehead atoms. The van der Waals surface area contributed by atoms with Crippen LogP contribution in [0.5, 0.6) is 0 Å². The minimum Gasteiger partial charge on any atom is -0.389 e. The number of benzene rings is 3. The van der Waals surface area contributed by atoms with Crippen molar-refractivity contribution >= 4 is 64.7 Å². The normalized spacial score (nSPS) is 13.0. The van der Waals surface area contributed by atoms with Crippen LogP contribution in [0.1, 0.15) is 5.82 Å². The molecule has 5 rings (SSSR count). The smallest absolute Gasteiger partial charge is 0.106 e. The van der Waals surface area contributed by atoms with Crippen LogP contribution in [0.25, 0.3) is 32.8 Å². The summed E-state index contributed by atoms with van der Waals surface area (Å²) in [4.78, 5) is 4.62. The van der Waals surface area contributed by atoms with Gasteiger partial charge in [0.2, 0.25) is 0 Å². The van der Waals surface area contributed by atoms with E-state index in [1.165, 1.54) is 10.8 Å². The van der Waals surface area contributed by atoms with Crippen molar-refractivity contribution in [1.29, 1.82) is 0 Å². The molecular weight excluding hydrogens is 494 g/mol. The highest BCUT2D eigenvalue weighted by molar-refractivity contribution is 9.10. The summed E-state index contributed by atoms with van der Waals surface area (Å²) in [6, 6.07) is 20.7. The lowest BCUT2D eigenvalue weighted by molar-refractivity contribution is 0.137. The molecule has 0 amide bonds. The Balaban J connectivity index is 1.56. The van der Waals surface area contributed by atoms with Crippen molar-refractivity contribution in [2.75, 3.05) is 0 Å². The van der Waals surface area contributed by atoms with Gasteiger partial charge in [0.25, 0.3) is 0 Å². The molecule has 0 saturated heterocycles. The van der Waals surface area contributed by atoms with Crippen molar-refractivity contribution in [3.8, 4) is 0 Å². The van der Waals surface area contributed by atoms with Crippen molar-refractivity contribution in [1.82, 2.24) is 14.1 Å². The molecule has 0 aliphatic carbocycles. The second-order valence-electron chi connectivity index (χ2n) is 7.35. The average molecular weight is 513 g/mol. The standard InChI is InChI=1S/C23H19Br2N3O/c1-14-26-20-4-2-3-5-23(20)27(14)12-17(29)13-28-21-8-6-15(24)10-18(21)19-11-16(25)7-9-22(19)28/h2-11,17,29H,12-13H2,1H3. The number of aliphatic hydroxyl groups excluding tert-OH is 1. The molecule has 0 fully saturated rings. The lowest BCUT2D eigenvalue weighted by Gasteiger charge is -2.16. The highest BCUT2D eigenvalue weighted by atomic mass is 79.9. The molecule has 4 nitrogen and oxygen atoms in total.